The maximum atomic E-state index is 11.2. The van der Waals surface area contributed by atoms with E-state index in [1.54, 1.807) is 0 Å². The number of nitrogens with one attached hydrogen (secondary N) is 1. The van der Waals surface area contributed by atoms with Crippen molar-refractivity contribution in [1.82, 2.24) is 15.2 Å². The summed E-state index contributed by atoms with van der Waals surface area (Å²) in [6, 6.07) is 8.43. The maximum Gasteiger partial charge on any atom is 0.282 e. The quantitative estimate of drug-likeness (QED) is 0.857. The SMILES string of the molecule is NS(=O)(=O)c1n[nH]c(C2C3CCc4ccccc4C32)n1. The predicted octanol–water partition coefficient (Wildman–Crippen LogP) is 0.895. The molecule has 0 spiro atoms. The van der Waals surface area contributed by atoms with Crippen LogP contribution in [0.2, 0.25) is 0 Å². The van der Waals surface area contributed by atoms with Crippen LogP contribution in [0.1, 0.15) is 35.2 Å². The molecular formula is C13H14N4O2S. The topological polar surface area (TPSA) is 102 Å². The van der Waals surface area contributed by atoms with Crippen LogP contribution in [0.15, 0.2) is 29.4 Å². The van der Waals surface area contributed by atoms with Gasteiger partial charge in [0, 0.05) is 5.92 Å². The van der Waals surface area contributed by atoms with E-state index in [0.29, 0.717) is 17.7 Å². The molecule has 1 aromatic carbocycles. The minimum atomic E-state index is -3.83. The number of fused-ring (bicyclic) bond motifs is 3. The molecule has 0 aliphatic heterocycles. The lowest BCUT2D eigenvalue weighted by molar-refractivity contribution is 0.589. The Labute approximate surface area is 116 Å². The van der Waals surface area contributed by atoms with Crippen molar-refractivity contribution < 1.29 is 8.42 Å². The molecule has 4 rings (SSSR count). The number of primary sulfonamides is 1. The van der Waals surface area contributed by atoms with Gasteiger partial charge in [0.2, 0.25) is 0 Å². The number of aromatic nitrogens is 3. The highest BCUT2D eigenvalue weighted by Gasteiger charge is 2.55. The third-order valence-corrected chi connectivity index (χ3v) is 5.07. The van der Waals surface area contributed by atoms with Gasteiger partial charge in [0.05, 0.1) is 0 Å². The number of hydrogen-bond acceptors (Lipinski definition) is 4. The van der Waals surface area contributed by atoms with Crippen molar-refractivity contribution in [2.45, 2.75) is 29.8 Å². The highest BCUT2D eigenvalue weighted by atomic mass is 32.2. The van der Waals surface area contributed by atoms with Gasteiger partial charge < -0.3 is 0 Å². The molecule has 6 nitrogen and oxygen atoms in total. The number of rotatable bonds is 2. The highest BCUT2D eigenvalue weighted by Crippen LogP contribution is 2.64. The first-order valence-corrected chi connectivity index (χ1v) is 8.13. The molecule has 1 fully saturated rings. The first-order chi connectivity index (χ1) is 9.55. The zero-order chi connectivity index (χ0) is 13.9. The number of aryl methyl sites for hydroxylation is 1. The predicted molar refractivity (Wildman–Crippen MR) is 71.5 cm³/mol. The van der Waals surface area contributed by atoms with Crippen LogP contribution in [0.25, 0.3) is 0 Å². The molecule has 2 aliphatic rings. The zero-order valence-electron chi connectivity index (χ0n) is 10.7. The number of benzene rings is 1. The first kappa shape index (κ1) is 12.0. The second-order valence-electron chi connectivity index (χ2n) is 5.50. The molecule has 20 heavy (non-hydrogen) atoms. The largest absolute Gasteiger partial charge is 0.282 e. The van der Waals surface area contributed by atoms with E-state index in [1.165, 1.54) is 11.1 Å². The lowest BCUT2D eigenvalue weighted by Crippen LogP contribution is -2.13. The normalized spacial score (nSPS) is 27.8. The van der Waals surface area contributed by atoms with Crippen LogP contribution < -0.4 is 5.14 Å². The molecule has 0 bridgehead atoms. The van der Waals surface area contributed by atoms with Crippen LogP contribution in [-0.4, -0.2) is 23.6 Å². The lowest BCUT2D eigenvalue weighted by atomic mass is 9.92. The van der Waals surface area contributed by atoms with Crippen LogP contribution in [0, 0.1) is 5.92 Å². The molecule has 2 aromatic rings. The van der Waals surface area contributed by atoms with E-state index in [4.69, 9.17) is 5.14 Å². The molecule has 7 heteroatoms. The Bertz CT molecular complexity index is 783. The van der Waals surface area contributed by atoms with Crippen LogP contribution in [-0.2, 0) is 16.4 Å². The summed E-state index contributed by atoms with van der Waals surface area (Å²) in [5.74, 6) is 1.84. The average molecular weight is 290 g/mol. The second kappa shape index (κ2) is 3.89. The van der Waals surface area contributed by atoms with Gasteiger partial charge in [-0.1, -0.05) is 24.3 Å². The summed E-state index contributed by atoms with van der Waals surface area (Å²) in [5, 5.41) is 11.2. The number of nitrogens with two attached hydrogens (primary N) is 1. The molecule has 2 aliphatic carbocycles. The van der Waals surface area contributed by atoms with Gasteiger partial charge in [-0.25, -0.2) is 18.5 Å². The summed E-state index contributed by atoms with van der Waals surface area (Å²) in [5.41, 5.74) is 2.75. The number of sulfonamides is 1. The minimum Gasteiger partial charge on any atom is -0.262 e. The summed E-state index contributed by atoms with van der Waals surface area (Å²) in [7, 11) is -3.83. The van der Waals surface area contributed by atoms with Crippen molar-refractivity contribution in [2.24, 2.45) is 11.1 Å². The molecule has 0 amide bonds. The molecule has 1 saturated carbocycles. The standard InChI is InChI=1S/C13H14N4O2S/c14-20(18,19)13-15-12(16-17-13)11-9-6-5-7-3-1-2-4-8(7)10(9)11/h1-4,9-11H,5-6H2,(H2,14,18,19)(H,15,16,17). The van der Waals surface area contributed by atoms with Crippen LogP contribution in [0.5, 0.6) is 0 Å². The molecular weight excluding hydrogens is 276 g/mol. The van der Waals surface area contributed by atoms with Crippen molar-refractivity contribution >= 4 is 10.0 Å². The van der Waals surface area contributed by atoms with Crippen molar-refractivity contribution in [3.8, 4) is 0 Å². The van der Waals surface area contributed by atoms with E-state index in [-0.39, 0.29) is 11.1 Å². The number of H-pyrrole nitrogens is 1. The monoisotopic (exact) mass is 290 g/mol. The average Bonchev–Trinajstić information content (AvgIpc) is 2.94. The molecule has 1 aromatic heterocycles. The Hall–Kier alpha value is -1.73. The molecule has 0 radical (unpaired) electrons. The van der Waals surface area contributed by atoms with Crippen molar-refractivity contribution in [1.29, 1.82) is 0 Å². The number of nitrogens with zero attached hydrogens (tertiary/aromatic N) is 2. The van der Waals surface area contributed by atoms with Gasteiger partial charge in [0.15, 0.2) is 0 Å². The molecule has 1 heterocycles. The highest BCUT2D eigenvalue weighted by molar-refractivity contribution is 7.89. The van der Waals surface area contributed by atoms with E-state index in [2.05, 4.69) is 33.4 Å². The molecule has 0 saturated heterocycles. The molecule has 3 atom stereocenters. The van der Waals surface area contributed by atoms with Crippen molar-refractivity contribution in [3.63, 3.8) is 0 Å². The van der Waals surface area contributed by atoms with E-state index < -0.39 is 10.0 Å². The third kappa shape index (κ3) is 1.70. The van der Waals surface area contributed by atoms with Gasteiger partial charge in [-0.15, -0.1) is 5.10 Å². The molecule has 3 unspecified atom stereocenters. The summed E-state index contributed by atoms with van der Waals surface area (Å²) in [4.78, 5) is 4.06. The van der Waals surface area contributed by atoms with E-state index in [0.717, 1.165) is 12.8 Å². The van der Waals surface area contributed by atoms with Crippen molar-refractivity contribution in [2.75, 3.05) is 0 Å². The Morgan fingerprint density at radius 3 is 2.80 bits per heavy atom. The summed E-state index contributed by atoms with van der Waals surface area (Å²) in [6.45, 7) is 0. The zero-order valence-corrected chi connectivity index (χ0v) is 11.5. The van der Waals surface area contributed by atoms with Crippen LogP contribution in [0.4, 0.5) is 0 Å². The second-order valence-corrected chi connectivity index (χ2v) is 6.96. The molecule has 3 N–H and O–H groups in total. The van der Waals surface area contributed by atoms with Gasteiger partial charge in [-0.3, -0.25) is 5.10 Å². The fourth-order valence-corrected chi connectivity index (χ4v) is 3.87. The smallest absolute Gasteiger partial charge is 0.262 e. The fourth-order valence-electron chi connectivity index (χ4n) is 3.47. The Kier molecular flexibility index (Phi) is 2.34. The summed E-state index contributed by atoms with van der Waals surface area (Å²) >= 11 is 0. The third-order valence-electron chi connectivity index (χ3n) is 4.38. The fraction of sp³-hybridized carbons (Fsp3) is 0.385. The summed E-state index contributed by atoms with van der Waals surface area (Å²) in [6.07, 6.45) is 2.18. The number of hydrogen-bond donors (Lipinski definition) is 2. The van der Waals surface area contributed by atoms with Gasteiger partial charge >= 0.3 is 0 Å². The van der Waals surface area contributed by atoms with Crippen LogP contribution in [0.3, 0.4) is 0 Å². The minimum absolute atomic E-state index is 0.238. The van der Waals surface area contributed by atoms with E-state index in [9.17, 15) is 8.42 Å². The maximum absolute atomic E-state index is 11.2. The Morgan fingerprint density at radius 1 is 1.25 bits per heavy atom. The van der Waals surface area contributed by atoms with Crippen molar-refractivity contribution in [3.05, 3.63) is 41.2 Å². The lowest BCUT2D eigenvalue weighted by Gasteiger charge is -2.13. The molecule has 104 valence electrons. The van der Waals surface area contributed by atoms with Gasteiger partial charge in [0.25, 0.3) is 15.2 Å². The van der Waals surface area contributed by atoms with Gasteiger partial charge in [-0.2, -0.15) is 0 Å². The van der Waals surface area contributed by atoms with E-state index in [1.807, 2.05) is 6.07 Å². The van der Waals surface area contributed by atoms with Gasteiger partial charge in [0.1, 0.15) is 5.82 Å². The van der Waals surface area contributed by atoms with Crippen LogP contribution >= 0.6 is 0 Å². The Morgan fingerprint density at radius 2 is 2.05 bits per heavy atom. The first-order valence-electron chi connectivity index (χ1n) is 6.58. The van der Waals surface area contributed by atoms with Gasteiger partial charge in [-0.05, 0) is 35.8 Å². The summed E-state index contributed by atoms with van der Waals surface area (Å²) < 4.78 is 22.5. The number of aromatic amines is 1. The van der Waals surface area contributed by atoms with E-state index >= 15 is 0 Å². The Balaban J connectivity index is 1.69.